The number of aliphatic hydroxyl groups excluding tert-OH is 1. The number of anilines is 1. The van der Waals surface area contributed by atoms with Crippen molar-refractivity contribution in [2.45, 2.75) is 52.2 Å². The highest BCUT2D eigenvalue weighted by atomic mass is 16.3. The lowest BCUT2D eigenvalue weighted by Crippen LogP contribution is -2.34. The maximum Gasteiger partial charge on any atom is 0.226 e. The van der Waals surface area contributed by atoms with Crippen LogP contribution in [0.25, 0.3) is 0 Å². The summed E-state index contributed by atoms with van der Waals surface area (Å²) in [7, 11) is 0. The van der Waals surface area contributed by atoms with Crippen LogP contribution in [0.15, 0.2) is 6.07 Å². The van der Waals surface area contributed by atoms with Crippen molar-refractivity contribution >= 4 is 5.95 Å². The standard InChI is InChI=1S/C13H21N3O/c1-10-8-12(9-17)15-13(14-10)16-7-5-3-4-6-11(16)2/h8,11,17H,3-7,9H2,1-2H3. The van der Waals surface area contributed by atoms with E-state index in [0.717, 1.165) is 18.2 Å². The van der Waals surface area contributed by atoms with E-state index in [9.17, 15) is 5.11 Å². The SMILES string of the molecule is Cc1cc(CO)nc(N2CCCCCC2C)n1. The van der Waals surface area contributed by atoms with Crippen LogP contribution in [-0.4, -0.2) is 27.7 Å². The molecular weight excluding hydrogens is 214 g/mol. The molecule has 1 saturated heterocycles. The molecule has 1 aromatic heterocycles. The minimum absolute atomic E-state index is 0.0153. The number of hydrogen-bond acceptors (Lipinski definition) is 4. The summed E-state index contributed by atoms with van der Waals surface area (Å²) in [6.45, 7) is 5.19. The molecule has 94 valence electrons. The van der Waals surface area contributed by atoms with Crippen molar-refractivity contribution in [3.63, 3.8) is 0 Å². The Balaban J connectivity index is 2.27. The molecule has 0 amide bonds. The van der Waals surface area contributed by atoms with E-state index in [1.54, 1.807) is 0 Å². The zero-order valence-electron chi connectivity index (χ0n) is 10.7. The molecule has 4 heteroatoms. The molecule has 1 fully saturated rings. The summed E-state index contributed by atoms with van der Waals surface area (Å²) in [5, 5.41) is 9.20. The van der Waals surface area contributed by atoms with Gasteiger partial charge in [0.1, 0.15) is 0 Å². The molecule has 0 aliphatic carbocycles. The third-order valence-electron chi connectivity index (χ3n) is 3.37. The van der Waals surface area contributed by atoms with Crippen molar-refractivity contribution in [1.82, 2.24) is 9.97 Å². The Hall–Kier alpha value is -1.16. The van der Waals surface area contributed by atoms with Crippen LogP contribution in [0.3, 0.4) is 0 Å². The van der Waals surface area contributed by atoms with Gasteiger partial charge in [0, 0.05) is 18.3 Å². The molecular formula is C13H21N3O. The van der Waals surface area contributed by atoms with Gasteiger partial charge in [-0.3, -0.25) is 0 Å². The van der Waals surface area contributed by atoms with E-state index in [4.69, 9.17) is 0 Å². The van der Waals surface area contributed by atoms with Crippen LogP contribution < -0.4 is 4.90 Å². The normalized spacial score (nSPS) is 21.4. The third-order valence-corrected chi connectivity index (χ3v) is 3.37. The van der Waals surface area contributed by atoms with Gasteiger partial charge < -0.3 is 10.0 Å². The zero-order chi connectivity index (χ0) is 12.3. The van der Waals surface area contributed by atoms with Crippen molar-refractivity contribution in [1.29, 1.82) is 0 Å². The maximum atomic E-state index is 9.20. The van der Waals surface area contributed by atoms with Crippen LogP contribution in [0.4, 0.5) is 5.95 Å². The Morgan fingerprint density at radius 2 is 2.18 bits per heavy atom. The van der Waals surface area contributed by atoms with E-state index >= 15 is 0 Å². The van der Waals surface area contributed by atoms with Gasteiger partial charge in [0.2, 0.25) is 5.95 Å². The molecule has 0 bridgehead atoms. The van der Waals surface area contributed by atoms with Crippen LogP contribution in [0, 0.1) is 6.92 Å². The molecule has 1 aliphatic rings. The molecule has 0 spiro atoms. The molecule has 1 aromatic rings. The van der Waals surface area contributed by atoms with Gasteiger partial charge in [-0.05, 0) is 32.8 Å². The van der Waals surface area contributed by atoms with Crippen LogP contribution >= 0.6 is 0 Å². The molecule has 17 heavy (non-hydrogen) atoms. The molecule has 0 saturated carbocycles. The van der Waals surface area contributed by atoms with Crippen molar-refractivity contribution in [3.8, 4) is 0 Å². The number of aromatic nitrogens is 2. The number of aliphatic hydroxyl groups is 1. The van der Waals surface area contributed by atoms with Crippen molar-refractivity contribution < 1.29 is 5.11 Å². The molecule has 2 heterocycles. The fourth-order valence-electron chi connectivity index (χ4n) is 2.40. The second-order valence-electron chi connectivity index (χ2n) is 4.85. The highest BCUT2D eigenvalue weighted by molar-refractivity contribution is 5.33. The Morgan fingerprint density at radius 1 is 1.35 bits per heavy atom. The predicted molar refractivity (Wildman–Crippen MR) is 68.0 cm³/mol. The van der Waals surface area contributed by atoms with E-state index in [0.29, 0.717) is 11.7 Å². The monoisotopic (exact) mass is 235 g/mol. The fourth-order valence-corrected chi connectivity index (χ4v) is 2.40. The molecule has 4 nitrogen and oxygen atoms in total. The van der Waals surface area contributed by atoms with Gasteiger partial charge in [0.05, 0.1) is 12.3 Å². The lowest BCUT2D eigenvalue weighted by Gasteiger charge is -2.27. The molecule has 1 atom stereocenters. The Labute approximate surface area is 103 Å². The second-order valence-corrected chi connectivity index (χ2v) is 4.85. The first-order valence-electron chi connectivity index (χ1n) is 6.43. The first-order chi connectivity index (χ1) is 8.20. The summed E-state index contributed by atoms with van der Waals surface area (Å²) in [5.41, 5.74) is 1.64. The van der Waals surface area contributed by atoms with Crippen LogP contribution in [0.2, 0.25) is 0 Å². The smallest absolute Gasteiger partial charge is 0.226 e. The van der Waals surface area contributed by atoms with Gasteiger partial charge >= 0.3 is 0 Å². The minimum Gasteiger partial charge on any atom is -0.390 e. The Bertz CT molecular complexity index is 381. The third kappa shape index (κ3) is 2.94. The zero-order valence-corrected chi connectivity index (χ0v) is 10.7. The van der Waals surface area contributed by atoms with Gasteiger partial charge in [0.15, 0.2) is 0 Å². The van der Waals surface area contributed by atoms with Gasteiger partial charge in [-0.2, -0.15) is 0 Å². The van der Waals surface area contributed by atoms with Gasteiger partial charge in [-0.25, -0.2) is 9.97 Å². The highest BCUT2D eigenvalue weighted by Gasteiger charge is 2.19. The topological polar surface area (TPSA) is 49.3 Å². The largest absolute Gasteiger partial charge is 0.390 e. The molecule has 0 radical (unpaired) electrons. The second kappa shape index (κ2) is 5.45. The summed E-state index contributed by atoms with van der Waals surface area (Å²) >= 11 is 0. The maximum absolute atomic E-state index is 9.20. The number of nitrogens with zero attached hydrogens (tertiary/aromatic N) is 3. The van der Waals surface area contributed by atoms with Gasteiger partial charge in [-0.1, -0.05) is 12.8 Å². The molecule has 1 aliphatic heterocycles. The predicted octanol–water partition coefficient (Wildman–Crippen LogP) is 2.05. The van der Waals surface area contributed by atoms with Crippen LogP contribution in [0.5, 0.6) is 0 Å². The summed E-state index contributed by atoms with van der Waals surface area (Å²) in [5.74, 6) is 0.781. The Morgan fingerprint density at radius 3 is 2.94 bits per heavy atom. The van der Waals surface area contributed by atoms with Gasteiger partial charge in [0.25, 0.3) is 0 Å². The summed E-state index contributed by atoms with van der Waals surface area (Å²) in [6.07, 6.45) is 4.98. The quantitative estimate of drug-likeness (QED) is 0.852. The summed E-state index contributed by atoms with van der Waals surface area (Å²) in [6, 6.07) is 2.33. The van der Waals surface area contributed by atoms with E-state index in [1.165, 1.54) is 25.7 Å². The van der Waals surface area contributed by atoms with Crippen LogP contribution in [0.1, 0.15) is 44.0 Å². The molecule has 1 unspecified atom stereocenters. The number of rotatable bonds is 2. The first-order valence-corrected chi connectivity index (χ1v) is 6.43. The average Bonchev–Trinajstić information content (AvgIpc) is 2.53. The lowest BCUT2D eigenvalue weighted by molar-refractivity contribution is 0.276. The van der Waals surface area contributed by atoms with E-state index < -0.39 is 0 Å². The van der Waals surface area contributed by atoms with Crippen LogP contribution in [-0.2, 0) is 6.61 Å². The summed E-state index contributed by atoms with van der Waals surface area (Å²) < 4.78 is 0. The van der Waals surface area contributed by atoms with E-state index in [-0.39, 0.29) is 6.61 Å². The highest BCUT2D eigenvalue weighted by Crippen LogP contribution is 2.21. The number of hydrogen-bond donors (Lipinski definition) is 1. The fraction of sp³-hybridized carbons (Fsp3) is 0.692. The molecule has 0 aromatic carbocycles. The van der Waals surface area contributed by atoms with E-state index in [2.05, 4.69) is 21.8 Å². The number of aryl methyl sites for hydroxylation is 1. The minimum atomic E-state index is -0.0153. The average molecular weight is 235 g/mol. The van der Waals surface area contributed by atoms with Crippen molar-refractivity contribution in [2.24, 2.45) is 0 Å². The lowest BCUT2D eigenvalue weighted by atomic mass is 10.1. The van der Waals surface area contributed by atoms with E-state index in [1.807, 2.05) is 13.0 Å². The van der Waals surface area contributed by atoms with Gasteiger partial charge in [-0.15, -0.1) is 0 Å². The molecule has 1 N–H and O–H groups in total. The summed E-state index contributed by atoms with van der Waals surface area (Å²) in [4.78, 5) is 11.2. The first kappa shape index (κ1) is 12.3. The molecule has 2 rings (SSSR count). The Kier molecular flexibility index (Phi) is 3.94. The van der Waals surface area contributed by atoms with Crippen molar-refractivity contribution in [3.05, 3.63) is 17.5 Å². The van der Waals surface area contributed by atoms with Crippen molar-refractivity contribution in [2.75, 3.05) is 11.4 Å².